The molecular weight excluding hydrogens is 392 g/mol. The van der Waals surface area contributed by atoms with Crippen LogP contribution in [0.4, 0.5) is 5.69 Å². The summed E-state index contributed by atoms with van der Waals surface area (Å²) in [6.45, 7) is 5.66. The molecule has 0 aliphatic carbocycles. The van der Waals surface area contributed by atoms with Crippen LogP contribution in [0.15, 0.2) is 53.4 Å². The van der Waals surface area contributed by atoms with E-state index in [2.05, 4.69) is 23.9 Å². The minimum absolute atomic E-state index is 0.0465. The van der Waals surface area contributed by atoms with Crippen molar-refractivity contribution in [3.05, 3.63) is 59.7 Å². The molecule has 7 nitrogen and oxygen atoms in total. The molecule has 0 aliphatic rings. The molecule has 2 aromatic rings. The number of amides is 1. The number of hydrogen-bond acceptors (Lipinski definition) is 5. The molecule has 0 radical (unpaired) electrons. The number of esters is 1. The minimum atomic E-state index is -3.75. The number of anilines is 1. The normalized spacial score (nSPS) is 11.3. The van der Waals surface area contributed by atoms with Gasteiger partial charge in [-0.25, -0.2) is 13.1 Å². The predicted molar refractivity (Wildman–Crippen MR) is 111 cm³/mol. The molecule has 0 bridgehead atoms. The monoisotopic (exact) mass is 418 g/mol. The molecule has 0 aliphatic heterocycles. The van der Waals surface area contributed by atoms with Gasteiger partial charge in [-0.2, -0.15) is 0 Å². The molecule has 0 aromatic heterocycles. The van der Waals surface area contributed by atoms with Crippen LogP contribution >= 0.6 is 0 Å². The molecule has 2 N–H and O–H groups in total. The summed E-state index contributed by atoms with van der Waals surface area (Å²) in [6, 6.07) is 13.6. The Hall–Kier alpha value is -2.71. The van der Waals surface area contributed by atoms with Crippen LogP contribution < -0.4 is 10.0 Å². The maximum absolute atomic E-state index is 12.3. The van der Waals surface area contributed by atoms with Crippen molar-refractivity contribution in [1.82, 2.24) is 4.72 Å². The lowest BCUT2D eigenvalue weighted by Crippen LogP contribution is -2.26. The highest BCUT2D eigenvalue weighted by Gasteiger charge is 2.14. The Labute approximate surface area is 171 Å². The molecule has 0 spiro atoms. The fraction of sp³-hybridized carbons (Fsp3) is 0.333. The topological polar surface area (TPSA) is 102 Å². The third-order valence-electron chi connectivity index (χ3n) is 4.15. The van der Waals surface area contributed by atoms with Crippen LogP contribution in [0, 0.1) is 0 Å². The van der Waals surface area contributed by atoms with Gasteiger partial charge in [0.25, 0.3) is 0 Å². The molecule has 8 heteroatoms. The lowest BCUT2D eigenvalue weighted by Gasteiger charge is -2.09. The molecule has 0 atom stereocenters. The van der Waals surface area contributed by atoms with Gasteiger partial charge in [0.1, 0.15) is 6.61 Å². The Balaban J connectivity index is 1.78. The lowest BCUT2D eigenvalue weighted by molar-refractivity contribution is -0.144. The van der Waals surface area contributed by atoms with Gasteiger partial charge in [0.15, 0.2) is 0 Å². The molecule has 156 valence electrons. The van der Waals surface area contributed by atoms with E-state index in [4.69, 9.17) is 4.74 Å². The first-order valence-corrected chi connectivity index (χ1v) is 10.8. The molecule has 2 rings (SSSR count). The number of carbonyl (C=O) groups is 2. The Morgan fingerprint density at radius 1 is 1.00 bits per heavy atom. The van der Waals surface area contributed by atoms with Gasteiger partial charge in [0, 0.05) is 19.2 Å². The maximum atomic E-state index is 12.3. The number of sulfonamides is 1. The largest absolute Gasteiger partial charge is 0.461 e. The average Bonchev–Trinajstić information content (AvgIpc) is 2.66. The van der Waals surface area contributed by atoms with Crippen LogP contribution in [0.25, 0.3) is 0 Å². The Morgan fingerprint density at radius 3 is 2.17 bits per heavy atom. The van der Waals surface area contributed by atoms with Crippen LogP contribution in [-0.2, 0) is 31.0 Å². The zero-order chi connectivity index (χ0) is 21.4. The quantitative estimate of drug-likeness (QED) is 0.609. The SMILES string of the molecule is CC(=O)Nc1ccc(S(=O)(=O)NCCC(=O)OCc2ccc(C(C)C)cc2)cc1. The zero-order valence-corrected chi connectivity index (χ0v) is 17.6. The first-order valence-electron chi connectivity index (χ1n) is 9.29. The van der Waals surface area contributed by atoms with Gasteiger partial charge in [-0.3, -0.25) is 9.59 Å². The second kappa shape index (κ2) is 10.2. The second-order valence-corrected chi connectivity index (χ2v) is 8.68. The summed E-state index contributed by atoms with van der Waals surface area (Å²) >= 11 is 0. The van der Waals surface area contributed by atoms with Crippen molar-refractivity contribution in [2.75, 3.05) is 11.9 Å². The van der Waals surface area contributed by atoms with Crippen LogP contribution in [0.1, 0.15) is 44.2 Å². The van der Waals surface area contributed by atoms with Gasteiger partial charge in [-0.1, -0.05) is 38.1 Å². The molecule has 2 aromatic carbocycles. The van der Waals surface area contributed by atoms with E-state index in [0.29, 0.717) is 11.6 Å². The van der Waals surface area contributed by atoms with Gasteiger partial charge < -0.3 is 10.1 Å². The third kappa shape index (κ3) is 7.32. The molecule has 0 saturated carbocycles. The van der Waals surface area contributed by atoms with Crippen molar-refractivity contribution in [2.24, 2.45) is 0 Å². The number of hydrogen-bond donors (Lipinski definition) is 2. The molecule has 0 unspecified atom stereocenters. The zero-order valence-electron chi connectivity index (χ0n) is 16.8. The summed E-state index contributed by atoms with van der Waals surface area (Å²) in [6.07, 6.45) is -0.0761. The lowest BCUT2D eigenvalue weighted by atomic mass is 10.0. The highest BCUT2D eigenvalue weighted by molar-refractivity contribution is 7.89. The first kappa shape index (κ1) is 22.6. The van der Waals surface area contributed by atoms with Crippen molar-refractivity contribution in [1.29, 1.82) is 0 Å². The van der Waals surface area contributed by atoms with Gasteiger partial charge >= 0.3 is 5.97 Å². The van der Waals surface area contributed by atoms with E-state index in [0.717, 1.165) is 5.56 Å². The Bertz CT molecular complexity index is 936. The molecule has 29 heavy (non-hydrogen) atoms. The summed E-state index contributed by atoms with van der Waals surface area (Å²) < 4.78 is 32.1. The smallest absolute Gasteiger partial charge is 0.307 e. The summed E-state index contributed by atoms with van der Waals surface area (Å²) in [5, 5.41) is 2.56. The third-order valence-corrected chi connectivity index (χ3v) is 5.63. The van der Waals surface area contributed by atoms with E-state index in [1.165, 1.54) is 36.8 Å². The highest BCUT2D eigenvalue weighted by atomic mass is 32.2. The number of rotatable bonds is 9. The van der Waals surface area contributed by atoms with E-state index in [1.807, 2.05) is 24.3 Å². The second-order valence-electron chi connectivity index (χ2n) is 6.91. The molecule has 0 saturated heterocycles. The van der Waals surface area contributed by atoms with Gasteiger partial charge in [-0.15, -0.1) is 0 Å². The van der Waals surface area contributed by atoms with Crippen molar-refractivity contribution in [3.8, 4) is 0 Å². The predicted octanol–water partition coefficient (Wildman–Crippen LogP) is 3.18. The van der Waals surface area contributed by atoms with Crippen molar-refractivity contribution in [3.63, 3.8) is 0 Å². The first-order chi connectivity index (χ1) is 13.7. The molecule has 0 fully saturated rings. The van der Waals surface area contributed by atoms with Crippen LogP contribution in [0.5, 0.6) is 0 Å². The van der Waals surface area contributed by atoms with Crippen LogP contribution in [0.3, 0.4) is 0 Å². The summed E-state index contributed by atoms with van der Waals surface area (Å²) in [4.78, 5) is 22.9. The number of nitrogens with one attached hydrogen (secondary N) is 2. The Morgan fingerprint density at radius 2 is 1.62 bits per heavy atom. The number of ether oxygens (including phenoxy) is 1. The average molecular weight is 419 g/mol. The fourth-order valence-corrected chi connectivity index (χ4v) is 3.56. The van der Waals surface area contributed by atoms with Gasteiger partial charge in [-0.05, 0) is 41.3 Å². The van der Waals surface area contributed by atoms with Crippen molar-refractivity contribution >= 4 is 27.6 Å². The Kier molecular flexibility index (Phi) is 7.92. The maximum Gasteiger partial charge on any atom is 0.307 e. The van der Waals surface area contributed by atoms with E-state index in [-0.39, 0.29) is 30.4 Å². The molecule has 0 heterocycles. The molecular formula is C21H26N2O5S. The van der Waals surface area contributed by atoms with Crippen LogP contribution in [0.2, 0.25) is 0 Å². The summed E-state index contributed by atoms with van der Waals surface area (Å²) in [5.74, 6) is -0.295. The minimum Gasteiger partial charge on any atom is -0.461 e. The van der Waals surface area contributed by atoms with Crippen LogP contribution in [-0.4, -0.2) is 26.8 Å². The van der Waals surface area contributed by atoms with Crippen molar-refractivity contribution < 1.29 is 22.7 Å². The van der Waals surface area contributed by atoms with Gasteiger partial charge in [0.2, 0.25) is 15.9 Å². The van der Waals surface area contributed by atoms with E-state index >= 15 is 0 Å². The highest BCUT2D eigenvalue weighted by Crippen LogP contribution is 2.16. The van der Waals surface area contributed by atoms with Gasteiger partial charge in [0.05, 0.1) is 11.3 Å². The van der Waals surface area contributed by atoms with E-state index in [9.17, 15) is 18.0 Å². The number of benzene rings is 2. The number of carbonyl (C=O) groups excluding carboxylic acids is 2. The standard InChI is InChI=1S/C21H26N2O5S/c1-15(2)18-6-4-17(5-7-18)14-28-21(25)12-13-22-29(26,27)20-10-8-19(9-11-20)23-16(3)24/h4-11,15,22H,12-14H2,1-3H3,(H,23,24). The van der Waals surface area contributed by atoms with E-state index < -0.39 is 16.0 Å². The van der Waals surface area contributed by atoms with E-state index in [1.54, 1.807) is 0 Å². The van der Waals surface area contributed by atoms with Crippen molar-refractivity contribution in [2.45, 2.75) is 44.6 Å². The molecule has 1 amide bonds. The summed E-state index contributed by atoms with van der Waals surface area (Å²) in [7, 11) is -3.75. The summed E-state index contributed by atoms with van der Waals surface area (Å²) in [5.41, 5.74) is 2.59. The fourth-order valence-electron chi connectivity index (χ4n) is 2.53.